The van der Waals surface area contributed by atoms with Crippen molar-refractivity contribution in [2.75, 3.05) is 5.32 Å². The molecule has 0 unspecified atom stereocenters. The van der Waals surface area contributed by atoms with Crippen LogP contribution in [0, 0.1) is 12.7 Å². The average Bonchev–Trinajstić information content (AvgIpc) is 3.13. The van der Waals surface area contributed by atoms with E-state index in [1.807, 2.05) is 0 Å². The second kappa shape index (κ2) is 8.24. The fourth-order valence-corrected chi connectivity index (χ4v) is 3.00. The molecule has 0 aliphatic rings. The maximum atomic E-state index is 13.9. The number of benzene rings is 1. The molecule has 1 aromatic carbocycles. The summed E-state index contributed by atoms with van der Waals surface area (Å²) in [5.41, 5.74) is 0.223. The summed E-state index contributed by atoms with van der Waals surface area (Å²) in [6.45, 7) is 1.11. The zero-order valence-electron chi connectivity index (χ0n) is 14.5. The molecule has 0 saturated heterocycles. The molecule has 2 aromatic heterocycles. The second-order valence-electron chi connectivity index (χ2n) is 5.94. The molecular formula is C17H14Cl2F3N5O. The Bertz CT molecular complexity index is 998. The summed E-state index contributed by atoms with van der Waals surface area (Å²) >= 11 is 12.0. The van der Waals surface area contributed by atoms with Crippen LogP contribution in [-0.4, -0.2) is 25.5 Å². The number of halogens is 5. The molecule has 3 rings (SSSR count). The molecule has 2 heterocycles. The quantitative estimate of drug-likeness (QED) is 0.626. The summed E-state index contributed by atoms with van der Waals surface area (Å²) in [5.74, 6) is -1.12. The van der Waals surface area contributed by atoms with Gasteiger partial charge < -0.3 is 5.32 Å². The van der Waals surface area contributed by atoms with E-state index in [1.54, 1.807) is 13.0 Å². The van der Waals surface area contributed by atoms with Gasteiger partial charge in [0, 0.05) is 16.8 Å². The van der Waals surface area contributed by atoms with Gasteiger partial charge in [0.2, 0.25) is 5.91 Å². The van der Waals surface area contributed by atoms with Crippen LogP contribution in [0.3, 0.4) is 0 Å². The Balaban J connectivity index is 1.73. The third-order valence-electron chi connectivity index (χ3n) is 3.81. The van der Waals surface area contributed by atoms with Crippen LogP contribution in [0.5, 0.6) is 0 Å². The van der Waals surface area contributed by atoms with E-state index >= 15 is 0 Å². The number of hydrogen-bond donors (Lipinski definition) is 1. The van der Waals surface area contributed by atoms with Crippen LogP contribution in [0.2, 0.25) is 10.0 Å². The lowest BCUT2D eigenvalue weighted by Crippen LogP contribution is -2.21. The van der Waals surface area contributed by atoms with Crippen molar-refractivity contribution in [3.05, 3.63) is 63.3 Å². The minimum Gasteiger partial charge on any atom is -0.306 e. The number of rotatable bonds is 6. The molecule has 0 aliphatic heterocycles. The van der Waals surface area contributed by atoms with Gasteiger partial charge in [-0.1, -0.05) is 29.3 Å². The molecule has 0 spiro atoms. The first-order chi connectivity index (χ1) is 13.2. The summed E-state index contributed by atoms with van der Waals surface area (Å²) in [7, 11) is 0. The van der Waals surface area contributed by atoms with Gasteiger partial charge in [0.25, 0.3) is 6.43 Å². The second-order valence-corrected chi connectivity index (χ2v) is 6.75. The van der Waals surface area contributed by atoms with E-state index in [1.165, 1.54) is 29.1 Å². The Morgan fingerprint density at radius 1 is 1.25 bits per heavy atom. The summed E-state index contributed by atoms with van der Waals surface area (Å²) in [4.78, 5) is 12.2. The first kappa shape index (κ1) is 20.2. The van der Waals surface area contributed by atoms with E-state index in [-0.39, 0.29) is 33.7 Å². The summed E-state index contributed by atoms with van der Waals surface area (Å²) < 4.78 is 42.1. The highest BCUT2D eigenvalue weighted by molar-refractivity contribution is 6.33. The van der Waals surface area contributed by atoms with Crippen LogP contribution in [-0.2, 0) is 17.9 Å². The van der Waals surface area contributed by atoms with Gasteiger partial charge in [-0.15, -0.1) is 0 Å². The van der Waals surface area contributed by atoms with Crippen LogP contribution < -0.4 is 5.32 Å². The molecular weight excluding hydrogens is 418 g/mol. The van der Waals surface area contributed by atoms with Gasteiger partial charge in [0.05, 0.1) is 12.2 Å². The van der Waals surface area contributed by atoms with Gasteiger partial charge in [0.1, 0.15) is 23.1 Å². The SMILES string of the molecule is Cc1cc(C(F)F)n(CC(=O)Nc2nn(Cc3c(F)cccc3Cl)cc2Cl)n1. The predicted octanol–water partition coefficient (Wildman–Crippen LogP) is 4.46. The van der Waals surface area contributed by atoms with Crippen molar-refractivity contribution < 1.29 is 18.0 Å². The molecule has 6 nitrogen and oxygen atoms in total. The van der Waals surface area contributed by atoms with Gasteiger partial charge in [-0.25, -0.2) is 13.2 Å². The number of nitrogens with one attached hydrogen (secondary N) is 1. The van der Waals surface area contributed by atoms with E-state index in [4.69, 9.17) is 23.2 Å². The van der Waals surface area contributed by atoms with E-state index in [0.29, 0.717) is 5.69 Å². The fourth-order valence-electron chi connectivity index (χ4n) is 2.58. The van der Waals surface area contributed by atoms with Gasteiger partial charge in [-0.05, 0) is 25.1 Å². The molecule has 1 amide bonds. The van der Waals surface area contributed by atoms with Gasteiger partial charge in [-0.3, -0.25) is 14.2 Å². The monoisotopic (exact) mass is 431 g/mol. The maximum Gasteiger partial charge on any atom is 0.280 e. The molecule has 1 N–H and O–H groups in total. The van der Waals surface area contributed by atoms with Crippen molar-refractivity contribution in [2.24, 2.45) is 0 Å². The number of carbonyl (C=O) groups excluding carboxylic acids is 1. The van der Waals surface area contributed by atoms with Gasteiger partial charge in [0.15, 0.2) is 5.82 Å². The highest BCUT2D eigenvalue weighted by Crippen LogP contribution is 2.24. The summed E-state index contributed by atoms with van der Waals surface area (Å²) in [6.07, 6.45) is -1.37. The Labute approximate surface area is 167 Å². The lowest BCUT2D eigenvalue weighted by Gasteiger charge is -2.07. The van der Waals surface area contributed by atoms with Crippen LogP contribution in [0.4, 0.5) is 19.0 Å². The molecule has 3 aromatic rings. The van der Waals surface area contributed by atoms with E-state index < -0.39 is 24.7 Å². The van der Waals surface area contributed by atoms with Crippen molar-refractivity contribution in [3.63, 3.8) is 0 Å². The van der Waals surface area contributed by atoms with E-state index in [0.717, 1.165) is 4.68 Å². The molecule has 0 saturated carbocycles. The summed E-state index contributed by atoms with van der Waals surface area (Å²) in [5, 5.41) is 10.7. The Morgan fingerprint density at radius 3 is 2.68 bits per heavy atom. The molecule has 0 fully saturated rings. The maximum absolute atomic E-state index is 13.9. The molecule has 11 heteroatoms. The topological polar surface area (TPSA) is 64.7 Å². The van der Waals surface area contributed by atoms with Crippen LogP contribution in [0.25, 0.3) is 0 Å². The lowest BCUT2D eigenvalue weighted by molar-refractivity contribution is -0.117. The number of amides is 1. The minimum absolute atomic E-state index is 0.00498. The lowest BCUT2D eigenvalue weighted by atomic mass is 10.2. The normalized spacial score (nSPS) is 11.2. The Hall–Kier alpha value is -2.52. The standard InChI is InChI=1S/C17H14Cl2F3N5O/c1-9-5-14(16(21)22)27(24-9)8-15(28)23-17-12(19)7-26(25-17)6-10-11(18)3-2-4-13(10)20/h2-5,7,16H,6,8H2,1H3,(H,23,25,28). The molecule has 0 bridgehead atoms. The van der Waals surface area contributed by atoms with Crippen LogP contribution in [0.15, 0.2) is 30.5 Å². The molecule has 28 heavy (non-hydrogen) atoms. The molecule has 0 radical (unpaired) electrons. The first-order valence-corrected chi connectivity index (χ1v) is 8.78. The third kappa shape index (κ3) is 4.48. The van der Waals surface area contributed by atoms with Gasteiger partial charge in [-0.2, -0.15) is 10.2 Å². The smallest absolute Gasteiger partial charge is 0.280 e. The highest BCUT2D eigenvalue weighted by atomic mass is 35.5. The number of alkyl halides is 2. The number of anilines is 1. The van der Waals surface area contributed by atoms with Crippen molar-refractivity contribution in [2.45, 2.75) is 26.4 Å². The van der Waals surface area contributed by atoms with E-state index in [2.05, 4.69) is 15.5 Å². The Kier molecular flexibility index (Phi) is 5.95. The number of aromatic nitrogens is 4. The average molecular weight is 432 g/mol. The van der Waals surface area contributed by atoms with Crippen molar-refractivity contribution in [3.8, 4) is 0 Å². The van der Waals surface area contributed by atoms with Crippen molar-refractivity contribution >= 4 is 34.9 Å². The Morgan fingerprint density at radius 2 is 2.00 bits per heavy atom. The van der Waals surface area contributed by atoms with Crippen molar-refractivity contribution in [1.82, 2.24) is 19.6 Å². The largest absolute Gasteiger partial charge is 0.306 e. The van der Waals surface area contributed by atoms with Crippen LogP contribution >= 0.6 is 23.2 Å². The number of hydrogen-bond acceptors (Lipinski definition) is 3. The number of aryl methyl sites for hydroxylation is 1. The summed E-state index contributed by atoms with van der Waals surface area (Å²) in [6, 6.07) is 5.49. The van der Waals surface area contributed by atoms with Crippen LogP contribution in [0.1, 0.15) is 23.4 Å². The zero-order chi connectivity index (χ0) is 20.4. The predicted molar refractivity (Wildman–Crippen MR) is 98.3 cm³/mol. The molecule has 0 aliphatic carbocycles. The first-order valence-electron chi connectivity index (χ1n) is 8.02. The minimum atomic E-state index is -2.76. The highest BCUT2D eigenvalue weighted by Gasteiger charge is 2.19. The third-order valence-corrected chi connectivity index (χ3v) is 4.44. The molecule has 0 atom stereocenters. The number of carbonyl (C=O) groups is 1. The van der Waals surface area contributed by atoms with E-state index in [9.17, 15) is 18.0 Å². The zero-order valence-corrected chi connectivity index (χ0v) is 16.0. The van der Waals surface area contributed by atoms with Crippen molar-refractivity contribution in [1.29, 1.82) is 0 Å². The molecule has 148 valence electrons. The number of nitrogens with zero attached hydrogens (tertiary/aromatic N) is 4. The fraction of sp³-hybridized carbons (Fsp3) is 0.235. The van der Waals surface area contributed by atoms with Gasteiger partial charge >= 0.3 is 0 Å².